The fourth-order valence-corrected chi connectivity index (χ4v) is 2.76. The minimum Gasteiger partial charge on any atom is -0.491 e. The van der Waals surface area contributed by atoms with Crippen molar-refractivity contribution in [2.45, 2.75) is 26.6 Å². The first kappa shape index (κ1) is 17.0. The maximum atomic E-state index is 5.97. The summed E-state index contributed by atoms with van der Waals surface area (Å²) in [4.78, 5) is 16.3. The third-order valence-electron chi connectivity index (χ3n) is 3.91. The summed E-state index contributed by atoms with van der Waals surface area (Å²) in [7, 11) is 0. The predicted octanol–water partition coefficient (Wildman–Crippen LogP) is 4.39. The third-order valence-corrected chi connectivity index (χ3v) is 3.91. The van der Waals surface area contributed by atoms with E-state index in [1.54, 1.807) is 18.6 Å². The van der Waals surface area contributed by atoms with Crippen LogP contribution in [0, 0.1) is 0 Å². The van der Waals surface area contributed by atoms with Crippen molar-refractivity contribution in [3.05, 3.63) is 66.6 Å². The van der Waals surface area contributed by atoms with Gasteiger partial charge in [-0.1, -0.05) is 6.07 Å². The highest BCUT2D eigenvalue weighted by atomic mass is 16.5. The summed E-state index contributed by atoms with van der Waals surface area (Å²) in [5.41, 5.74) is 3.45. The molecule has 6 heteroatoms. The molecule has 0 radical (unpaired) electrons. The molecule has 1 aromatic carbocycles. The van der Waals surface area contributed by atoms with Crippen LogP contribution in [0.25, 0.3) is 22.6 Å². The first-order chi connectivity index (χ1) is 13.2. The zero-order valence-corrected chi connectivity index (χ0v) is 15.2. The number of nitrogens with zero attached hydrogens (tertiary/aromatic N) is 3. The third kappa shape index (κ3) is 4.06. The maximum absolute atomic E-state index is 5.97. The van der Waals surface area contributed by atoms with Gasteiger partial charge in [0.05, 0.1) is 11.6 Å². The summed E-state index contributed by atoms with van der Waals surface area (Å²) >= 11 is 0. The standard InChI is InChI=1S/C21H20N4O2/c1-14(2)27-18-10-16(20-24-19-6-4-8-23-21(19)25-20)9-17(11-18)26-13-15-5-3-7-22-12-15/h3-12,14H,13H2,1-2H3,(H,23,24,25). The normalized spacial score (nSPS) is 11.1. The first-order valence-corrected chi connectivity index (χ1v) is 8.82. The van der Waals surface area contributed by atoms with Gasteiger partial charge >= 0.3 is 0 Å². The molecule has 136 valence electrons. The van der Waals surface area contributed by atoms with Crippen LogP contribution in [-0.4, -0.2) is 26.0 Å². The Hall–Kier alpha value is -3.41. The number of benzene rings is 1. The zero-order chi connectivity index (χ0) is 18.6. The van der Waals surface area contributed by atoms with Crippen molar-refractivity contribution in [1.29, 1.82) is 0 Å². The van der Waals surface area contributed by atoms with E-state index in [1.165, 1.54) is 0 Å². The molecular weight excluding hydrogens is 340 g/mol. The van der Waals surface area contributed by atoms with E-state index in [-0.39, 0.29) is 6.10 Å². The second kappa shape index (κ2) is 7.45. The molecule has 3 heterocycles. The monoisotopic (exact) mass is 360 g/mol. The molecule has 4 rings (SSSR count). The molecule has 0 saturated heterocycles. The van der Waals surface area contributed by atoms with Crippen LogP contribution in [0.3, 0.4) is 0 Å². The van der Waals surface area contributed by atoms with Crippen LogP contribution in [0.5, 0.6) is 11.5 Å². The fourth-order valence-electron chi connectivity index (χ4n) is 2.76. The van der Waals surface area contributed by atoms with Crippen LogP contribution in [0.2, 0.25) is 0 Å². The Labute approximate surface area is 157 Å². The largest absolute Gasteiger partial charge is 0.491 e. The van der Waals surface area contributed by atoms with E-state index in [0.29, 0.717) is 18.0 Å². The van der Waals surface area contributed by atoms with Gasteiger partial charge in [0, 0.05) is 35.8 Å². The van der Waals surface area contributed by atoms with Crippen LogP contribution < -0.4 is 9.47 Å². The molecule has 0 unspecified atom stereocenters. The number of pyridine rings is 2. The van der Waals surface area contributed by atoms with Gasteiger partial charge in [-0.25, -0.2) is 9.97 Å². The summed E-state index contributed by atoms with van der Waals surface area (Å²) in [5.74, 6) is 2.17. The van der Waals surface area contributed by atoms with E-state index >= 15 is 0 Å². The minimum absolute atomic E-state index is 0.0590. The van der Waals surface area contributed by atoms with Gasteiger partial charge < -0.3 is 14.5 Å². The molecule has 0 aliphatic carbocycles. The molecule has 0 fully saturated rings. The number of H-pyrrole nitrogens is 1. The van der Waals surface area contributed by atoms with E-state index in [2.05, 4.69) is 19.9 Å². The van der Waals surface area contributed by atoms with Crippen molar-refractivity contribution in [1.82, 2.24) is 19.9 Å². The average Bonchev–Trinajstić information content (AvgIpc) is 3.11. The fraction of sp³-hybridized carbons (Fsp3) is 0.190. The molecule has 0 atom stereocenters. The molecule has 0 aliphatic rings. The van der Waals surface area contributed by atoms with Crippen molar-refractivity contribution in [2.24, 2.45) is 0 Å². The van der Waals surface area contributed by atoms with E-state index in [4.69, 9.17) is 9.47 Å². The summed E-state index contributed by atoms with van der Waals surface area (Å²) in [6, 6.07) is 13.5. The lowest BCUT2D eigenvalue weighted by Crippen LogP contribution is -2.06. The smallest absolute Gasteiger partial charge is 0.178 e. The van der Waals surface area contributed by atoms with Crippen molar-refractivity contribution in [3.63, 3.8) is 0 Å². The number of aromatic amines is 1. The van der Waals surface area contributed by atoms with Gasteiger partial charge in [-0.3, -0.25) is 4.98 Å². The zero-order valence-electron chi connectivity index (χ0n) is 15.2. The SMILES string of the molecule is CC(C)Oc1cc(OCc2cccnc2)cc(-c2nc3ncccc3[nH]2)c1. The Morgan fingerprint density at radius 3 is 2.67 bits per heavy atom. The van der Waals surface area contributed by atoms with Gasteiger partial charge in [0.25, 0.3) is 0 Å². The number of hydrogen-bond donors (Lipinski definition) is 1. The number of imidazole rings is 1. The molecule has 3 aromatic heterocycles. The number of aromatic nitrogens is 4. The lowest BCUT2D eigenvalue weighted by atomic mass is 10.2. The highest BCUT2D eigenvalue weighted by molar-refractivity contribution is 5.76. The first-order valence-electron chi connectivity index (χ1n) is 8.82. The van der Waals surface area contributed by atoms with E-state index in [9.17, 15) is 0 Å². The molecular formula is C21H20N4O2. The quantitative estimate of drug-likeness (QED) is 0.552. The molecule has 0 bridgehead atoms. The van der Waals surface area contributed by atoms with Crippen LogP contribution in [-0.2, 0) is 6.61 Å². The number of nitrogens with one attached hydrogen (secondary N) is 1. The van der Waals surface area contributed by atoms with Gasteiger partial charge in [-0.05, 0) is 44.2 Å². The number of ether oxygens (including phenoxy) is 2. The van der Waals surface area contributed by atoms with Crippen molar-refractivity contribution in [3.8, 4) is 22.9 Å². The number of fused-ring (bicyclic) bond motifs is 1. The lowest BCUT2D eigenvalue weighted by Gasteiger charge is -2.13. The Morgan fingerprint density at radius 2 is 1.89 bits per heavy atom. The van der Waals surface area contributed by atoms with Gasteiger partial charge in [-0.2, -0.15) is 0 Å². The Morgan fingerprint density at radius 1 is 1.04 bits per heavy atom. The lowest BCUT2D eigenvalue weighted by molar-refractivity contribution is 0.239. The summed E-state index contributed by atoms with van der Waals surface area (Å²) in [6.07, 6.45) is 5.33. The second-order valence-corrected chi connectivity index (χ2v) is 6.47. The summed E-state index contributed by atoms with van der Waals surface area (Å²) in [6.45, 7) is 4.42. The van der Waals surface area contributed by atoms with Gasteiger partial charge in [-0.15, -0.1) is 0 Å². The topological polar surface area (TPSA) is 72.9 Å². The van der Waals surface area contributed by atoms with Crippen LogP contribution >= 0.6 is 0 Å². The molecule has 4 aromatic rings. The molecule has 0 spiro atoms. The predicted molar refractivity (Wildman–Crippen MR) is 104 cm³/mol. The molecule has 0 saturated carbocycles. The number of hydrogen-bond acceptors (Lipinski definition) is 5. The minimum atomic E-state index is 0.0590. The second-order valence-electron chi connectivity index (χ2n) is 6.47. The maximum Gasteiger partial charge on any atom is 0.178 e. The van der Waals surface area contributed by atoms with E-state index < -0.39 is 0 Å². The molecule has 0 aliphatic heterocycles. The molecule has 27 heavy (non-hydrogen) atoms. The van der Waals surface area contributed by atoms with Crippen LogP contribution in [0.15, 0.2) is 61.1 Å². The Bertz CT molecular complexity index is 1010. The Balaban J connectivity index is 1.67. The van der Waals surface area contributed by atoms with Gasteiger partial charge in [0.1, 0.15) is 23.9 Å². The van der Waals surface area contributed by atoms with Crippen molar-refractivity contribution in [2.75, 3.05) is 0 Å². The Kier molecular flexibility index (Phi) is 4.70. The number of rotatable bonds is 6. The van der Waals surface area contributed by atoms with Gasteiger partial charge in [0.15, 0.2) is 5.65 Å². The van der Waals surface area contributed by atoms with Crippen molar-refractivity contribution >= 4 is 11.2 Å². The van der Waals surface area contributed by atoms with E-state index in [0.717, 1.165) is 28.2 Å². The van der Waals surface area contributed by atoms with E-state index in [1.807, 2.05) is 56.3 Å². The van der Waals surface area contributed by atoms with Gasteiger partial charge in [0.2, 0.25) is 0 Å². The highest BCUT2D eigenvalue weighted by Crippen LogP contribution is 2.30. The van der Waals surface area contributed by atoms with Crippen LogP contribution in [0.4, 0.5) is 0 Å². The average molecular weight is 360 g/mol. The molecule has 1 N–H and O–H groups in total. The summed E-state index contributed by atoms with van der Waals surface area (Å²) in [5, 5.41) is 0. The van der Waals surface area contributed by atoms with Crippen molar-refractivity contribution < 1.29 is 9.47 Å². The summed E-state index contributed by atoms with van der Waals surface area (Å²) < 4.78 is 11.9. The highest BCUT2D eigenvalue weighted by Gasteiger charge is 2.11. The molecule has 0 amide bonds. The van der Waals surface area contributed by atoms with Crippen LogP contribution in [0.1, 0.15) is 19.4 Å². The molecule has 6 nitrogen and oxygen atoms in total.